The van der Waals surface area contributed by atoms with Gasteiger partial charge >= 0.3 is 0 Å². The summed E-state index contributed by atoms with van der Waals surface area (Å²) >= 11 is 0. The summed E-state index contributed by atoms with van der Waals surface area (Å²) in [5, 5.41) is 8.95. The van der Waals surface area contributed by atoms with Gasteiger partial charge in [-0.15, -0.1) is 0 Å². The Labute approximate surface area is 372 Å². The lowest BCUT2D eigenvalue weighted by molar-refractivity contribution is 1.13. The Morgan fingerprint density at radius 1 is 0.250 bits per heavy atom. The van der Waals surface area contributed by atoms with Crippen LogP contribution in [-0.2, 0) is 0 Å². The van der Waals surface area contributed by atoms with Gasteiger partial charge in [0, 0.05) is 33.5 Å². The Morgan fingerprint density at radius 3 is 1.33 bits per heavy atom. The first-order chi connectivity index (χ1) is 31.8. The second-order valence-electron chi connectivity index (χ2n) is 16.8. The fraction of sp³-hybridized carbons (Fsp3) is 0. The van der Waals surface area contributed by atoms with Gasteiger partial charge in [0.15, 0.2) is 0 Å². The van der Waals surface area contributed by atoms with Crippen LogP contribution in [0, 0.1) is 0 Å². The molecule has 0 fully saturated rings. The van der Waals surface area contributed by atoms with Crippen molar-refractivity contribution in [3.8, 4) is 61.5 Å². The van der Waals surface area contributed by atoms with Gasteiger partial charge < -0.3 is 9.47 Å². The van der Waals surface area contributed by atoms with Crippen LogP contribution in [0.15, 0.2) is 243 Å². The van der Waals surface area contributed by atoms with E-state index in [0.29, 0.717) is 0 Å². The minimum absolute atomic E-state index is 1.11. The summed E-state index contributed by atoms with van der Waals surface area (Å²) in [4.78, 5) is 2.48. The zero-order valence-electron chi connectivity index (χ0n) is 35.0. The number of anilines is 3. The maximum Gasteiger partial charge on any atom is 0.0641 e. The Morgan fingerprint density at radius 2 is 0.703 bits per heavy atom. The summed E-state index contributed by atoms with van der Waals surface area (Å²) in [5.74, 6) is 0. The molecule has 0 amide bonds. The summed E-state index contributed by atoms with van der Waals surface area (Å²) in [5.41, 5.74) is 17.6. The van der Waals surface area contributed by atoms with Crippen LogP contribution in [0.1, 0.15) is 0 Å². The highest BCUT2D eigenvalue weighted by molar-refractivity contribution is 6.25. The fourth-order valence-electron chi connectivity index (χ4n) is 10.4. The van der Waals surface area contributed by atoms with Crippen molar-refractivity contribution in [1.29, 1.82) is 0 Å². The van der Waals surface area contributed by atoms with Gasteiger partial charge in [0.1, 0.15) is 0 Å². The summed E-state index contributed by atoms with van der Waals surface area (Å²) in [6.45, 7) is 0. The van der Waals surface area contributed by atoms with Crippen molar-refractivity contribution in [3.05, 3.63) is 243 Å². The number of fused-ring (bicyclic) bond motifs is 13. The molecule has 12 aromatic rings. The lowest BCUT2D eigenvalue weighted by atomic mass is 9.92. The average molecular weight is 813 g/mol. The van der Waals surface area contributed by atoms with Crippen molar-refractivity contribution in [1.82, 2.24) is 4.57 Å². The average Bonchev–Trinajstić information content (AvgIpc) is 3.66. The van der Waals surface area contributed by atoms with E-state index in [2.05, 4.69) is 252 Å². The molecule has 0 radical (unpaired) electrons. The van der Waals surface area contributed by atoms with E-state index in [0.717, 1.165) is 22.7 Å². The maximum atomic E-state index is 2.49. The minimum atomic E-state index is 1.11. The van der Waals surface area contributed by atoms with Crippen LogP contribution in [0.4, 0.5) is 17.1 Å². The third-order valence-electron chi connectivity index (χ3n) is 13.3. The van der Waals surface area contributed by atoms with Crippen LogP contribution in [0.2, 0.25) is 0 Å². The lowest BCUT2D eigenvalue weighted by Gasteiger charge is -2.28. The van der Waals surface area contributed by atoms with Gasteiger partial charge in [-0.25, -0.2) is 0 Å². The molecule has 0 spiro atoms. The summed E-state index contributed by atoms with van der Waals surface area (Å²) in [7, 11) is 0. The van der Waals surface area contributed by atoms with Gasteiger partial charge in [0.2, 0.25) is 0 Å². The molecule has 13 rings (SSSR count). The second-order valence-corrected chi connectivity index (χ2v) is 16.8. The molecule has 1 aliphatic rings. The standard InChI is InChI=1S/C62H40N2/c1-3-17-41(18-4-1)45-37-46(42-19-5-2-6-20-42)39-48(38-45)63-58-28-14-11-25-54(58)61-55-26-12-15-29-59(55)64(62(61)56-27-13-16-30-60(56)63)47-34-31-43(32-35-47)44-33-36-53-51-23-8-7-21-49(51)50-22-9-10-24-52(50)57(53)40-44/h1-40H. The van der Waals surface area contributed by atoms with Gasteiger partial charge in [-0.05, 0) is 120 Å². The van der Waals surface area contributed by atoms with Gasteiger partial charge in [-0.3, -0.25) is 0 Å². The van der Waals surface area contributed by atoms with Crippen molar-refractivity contribution in [3.63, 3.8) is 0 Å². The van der Waals surface area contributed by atoms with Gasteiger partial charge in [-0.2, -0.15) is 0 Å². The van der Waals surface area contributed by atoms with Gasteiger partial charge in [-0.1, -0.05) is 188 Å². The molecule has 1 aromatic heterocycles. The second kappa shape index (κ2) is 14.6. The Bertz CT molecular complexity index is 3670. The Balaban J connectivity index is 1.01. The molecular weight excluding hydrogens is 773 g/mol. The number of hydrogen-bond acceptors (Lipinski definition) is 1. The zero-order valence-corrected chi connectivity index (χ0v) is 35.0. The lowest BCUT2D eigenvalue weighted by Crippen LogP contribution is -2.11. The van der Waals surface area contributed by atoms with E-state index < -0.39 is 0 Å². The van der Waals surface area contributed by atoms with Crippen molar-refractivity contribution >= 4 is 60.3 Å². The Kier molecular flexibility index (Phi) is 8.25. The molecule has 1 aliphatic heterocycles. The molecule has 298 valence electrons. The van der Waals surface area contributed by atoms with Crippen LogP contribution < -0.4 is 4.90 Å². The van der Waals surface area contributed by atoms with Crippen LogP contribution >= 0.6 is 0 Å². The molecule has 2 nitrogen and oxygen atoms in total. The van der Waals surface area contributed by atoms with E-state index in [9.17, 15) is 0 Å². The third-order valence-corrected chi connectivity index (χ3v) is 13.3. The van der Waals surface area contributed by atoms with E-state index in [1.807, 2.05) is 0 Å². The van der Waals surface area contributed by atoms with Crippen molar-refractivity contribution in [2.75, 3.05) is 4.90 Å². The normalized spacial score (nSPS) is 12.0. The molecular formula is C62H40N2. The van der Waals surface area contributed by atoms with Crippen LogP contribution in [0.5, 0.6) is 0 Å². The monoisotopic (exact) mass is 812 g/mol. The largest absolute Gasteiger partial charge is 0.309 e. The predicted molar refractivity (Wildman–Crippen MR) is 271 cm³/mol. The van der Waals surface area contributed by atoms with E-state index in [4.69, 9.17) is 0 Å². The number of hydrogen-bond donors (Lipinski definition) is 0. The van der Waals surface area contributed by atoms with E-state index in [-0.39, 0.29) is 0 Å². The molecule has 0 unspecified atom stereocenters. The molecule has 2 heterocycles. The first-order valence-electron chi connectivity index (χ1n) is 22.1. The van der Waals surface area contributed by atoms with Crippen LogP contribution in [-0.4, -0.2) is 4.57 Å². The molecule has 2 heteroatoms. The number of aromatic nitrogens is 1. The highest BCUT2D eigenvalue weighted by Crippen LogP contribution is 2.55. The van der Waals surface area contributed by atoms with Crippen molar-refractivity contribution in [2.45, 2.75) is 0 Å². The fourth-order valence-corrected chi connectivity index (χ4v) is 10.4. The third kappa shape index (κ3) is 5.66. The van der Waals surface area contributed by atoms with E-state index in [1.165, 1.54) is 99.0 Å². The van der Waals surface area contributed by atoms with E-state index >= 15 is 0 Å². The maximum absolute atomic E-state index is 2.49. The van der Waals surface area contributed by atoms with Gasteiger partial charge in [0.25, 0.3) is 0 Å². The number of para-hydroxylation sites is 3. The van der Waals surface area contributed by atoms with Gasteiger partial charge in [0.05, 0.1) is 22.6 Å². The molecule has 0 bridgehead atoms. The highest BCUT2D eigenvalue weighted by Gasteiger charge is 2.31. The first kappa shape index (κ1) is 36.2. The van der Waals surface area contributed by atoms with Crippen molar-refractivity contribution in [2.24, 2.45) is 0 Å². The quantitative estimate of drug-likeness (QED) is 0.157. The first-order valence-corrected chi connectivity index (χ1v) is 22.1. The topological polar surface area (TPSA) is 8.17 Å². The van der Waals surface area contributed by atoms with Crippen LogP contribution in [0.3, 0.4) is 0 Å². The highest BCUT2D eigenvalue weighted by atomic mass is 15.2. The molecule has 11 aromatic carbocycles. The summed E-state index contributed by atoms with van der Waals surface area (Å²) in [6.07, 6.45) is 0. The molecule has 0 N–H and O–H groups in total. The predicted octanol–water partition coefficient (Wildman–Crippen LogP) is 17.2. The molecule has 0 saturated carbocycles. The number of nitrogens with zero attached hydrogens (tertiary/aromatic N) is 2. The summed E-state index contributed by atoms with van der Waals surface area (Å²) < 4.78 is 2.49. The SMILES string of the molecule is c1ccc(-c2cc(-c3ccccc3)cc(N3c4ccccc4-c4c(n(-c5ccc(-c6ccc7c8ccccc8c8ccccc8c7c6)cc5)c5ccccc45)-c4ccccc43)c2)cc1. The van der Waals surface area contributed by atoms with Crippen molar-refractivity contribution < 1.29 is 0 Å². The minimum Gasteiger partial charge on any atom is -0.309 e. The van der Waals surface area contributed by atoms with E-state index in [1.54, 1.807) is 0 Å². The molecule has 64 heavy (non-hydrogen) atoms. The molecule has 0 atom stereocenters. The zero-order chi connectivity index (χ0) is 42.1. The number of benzene rings is 11. The molecule has 0 aliphatic carbocycles. The summed E-state index contributed by atoms with van der Waals surface area (Å²) in [6, 6.07) is 89.1. The smallest absolute Gasteiger partial charge is 0.0641 e. The number of rotatable bonds is 5. The van der Waals surface area contributed by atoms with Crippen LogP contribution in [0.25, 0.3) is 105 Å². The Hall–Kier alpha value is -8.46. The molecule has 0 saturated heterocycles.